The minimum absolute atomic E-state index is 0.0687. The number of carbonyl (C=O) groups excluding carboxylic acids is 2. The van der Waals surface area contributed by atoms with Gasteiger partial charge in [0.2, 0.25) is 10.0 Å². The molecular weight excluding hydrogens is 553 g/mol. The summed E-state index contributed by atoms with van der Waals surface area (Å²) in [6, 6.07) is 13.9. The average molecular weight is 599 g/mol. The van der Waals surface area contributed by atoms with E-state index in [1.165, 1.54) is 52.8 Å². The first kappa shape index (κ1) is 20.2. The molecule has 0 spiro atoms. The van der Waals surface area contributed by atoms with E-state index in [1.807, 2.05) is 0 Å². The lowest BCUT2D eigenvalue weighted by Crippen LogP contribution is -2.32. The number of sulfonamides is 1. The Morgan fingerprint density at radius 2 is 1.74 bits per heavy atom. The van der Waals surface area contributed by atoms with Gasteiger partial charge in [-0.2, -0.15) is 0 Å². The van der Waals surface area contributed by atoms with Crippen LogP contribution in [0, 0.1) is 17.2 Å². The first-order valence-electron chi connectivity index (χ1n) is 18.0. The number of Topliss-reactive ketones (excluding diaryl/α,β-unsaturated/α-hetero) is 2. The molecular formula is C34H36FNO5S. The summed E-state index contributed by atoms with van der Waals surface area (Å²) in [7, 11) is -3.92. The molecule has 1 aliphatic rings. The molecule has 5 rings (SSSR count). The van der Waals surface area contributed by atoms with Gasteiger partial charge in [-0.25, -0.2) is 12.8 Å². The summed E-state index contributed by atoms with van der Waals surface area (Å²) >= 11 is 0. The summed E-state index contributed by atoms with van der Waals surface area (Å²) in [5, 5.41) is 0.308. The van der Waals surface area contributed by atoms with Crippen LogP contribution in [0.1, 0.15) is 86.2 Å². The molecule has 0 unspecified atom stereocenters. The SMILES string of the molecule is [2H]C([2H])([2H])C(CC(=O)c1cccc(-c2cc3c(C(=O)CC)c(-c4ccc(F)cc4)oc3cc2N(CC2CC2)S(C)(=O)=O)c1)(C([2H])([2H])[2H])C([2H])([2H])[2H]. The zero-order valence-corrected chi connectivity index (χ0v) is 24.0. The fourth-order valence-electron chi connectivity index (χ4n) is 4.98. The molecule has 8 heteroatoms. The van der Waals surface area contributed by atoms with Crippen molar-refractivity contribution in [3.63, 3.8) is 0 Å². The van der Waals surface area contributed by atoms with E-state index in [0.29, 0.717) is 10.9 Å². The minimum atomic E-state index is -3.92. The molecule has 0 radical (unpaired) electrons. The van der Waals surface area contributed by atoms with Gasteiger partial charge in [0, 0.05) is 59.9 Å². The summed E-state index contributed by atoms with van der Waals surface area (Å²) in [5.74, 6) is -1.66. The summed E-state index contributed by atoms with van der Waals surface area (Å²) in [5.41, 5.74) is -2.22. The molecule has 0 aliphatic heterocycles. The first-order valence-corrected chi connectivity index (χ1v) is 15.4. The van der Waals surface area contributed by atoms with E-state index >= 15 is 0 Å². The van der Waals surface area contributed by atoms with Gasteiger partial charge >= 0.3 is 0 Å². The summed E-state index contributed by atoms with van der Waals surface area (Å²) < 4.78 is 119. The average Bonchev–Trinajstić information content (AvgIpc) is 3.77. The van der Waals surface area contributed by atoms with E-state index in [-0.39, 0.29) is 64.0 Å². The van der Waals surface area contributed by atoms with Crippen molar-refractivity contribution in [2.45, 2.75) is 53.2 Å². The van der Waals surface area contributed by atoms with Crippen LogP contribution in [-0.4, -0.2) is 32.8 Å². The van der Waals surface area contributed by atoms with Crippen LogP contribution < -0.4 is 4.31 Å². The quantitative estimate of drug-likeness (QED) is 0.172. The molecule has 4 aromatic rings. The standard InChI is InChI=1S/C34H36FNO5S/c1-6-29(37)32-27-17-26(23-8-7-9-24(16-23)30(38)19-34(2,3)4)28(36(42(5,39)40)20-21-10-11-21)18-31(27)41-33(32)22-12-14-25(35)15-13-22/h7-9,12-18,21H,6,10-11,19-20H2,1-5H3/i2D3,3D3,4D3. The highest BCUT2D eigenvalue weighted by molar-refractivity contribution is 7.92. The van der Waals surface area contributed by atoms with Gasteiger partial charge in [0.15, 0.2) is 11.6 Å². The number of rotatable bonds is 10. The lowest BCUT2D eigenvalue weighted by atomic mass is 9.87. The zero-order chi connectivity index (χ0) is 37.9. The first-order chi connectivity index (χ1) is 23.5. The third-order valence-electron chi connectivity index (χ3n) is 7.22. The number of furan rings is 1. The van der Waals surface area contributed by atoms with Crippen molar-refractivity contribution in [1.82, 2.24) is 0 Å². The molecule has 0 bridgehead atoms. The van der Waals surface area contributed by atoms with Gasteiger partial charge in [-0.15, -0.1) is 0 Å². The van der Waals surface area contributed by atoms with E-state index in [9.17, 15) is 22.4 Å². The van der Waals surface area contributed by atoms with Crippen molar-refractivity contribution in [2.75, 3.05) is 17.1 Å². The second-order valence-electron chi connectivity index (χ2n) is 10.8. The second-order valence-corrected chi connectivity index (χ2v) is 12.7. The fraction of sp³-hybridized carbons (Fsp3) is 0.353. The third-order valence-corrected chi connectivity index (χ3v) is 8.37. The minimum Gasteiger partial charge on any atom is -0.455 e. The number of benzene rings is 3. The van der Waals surface area contributed by atoms with Gasteiger partial charge in [-0.3, -0.25) is 13.9 Å². The van der Waals surface area contributed by atoms with E-state index in [0.717, 1.165) is 19.1 Å². The highest BCUT2D eigenvalue weighted by Gasteiger charge is 2.32. The molecule has 1 aromatic heterocycles. The molecule has 1 saturated carbocycles. The van der Waals surface area contributed by atoms with Crippen LogP contribution in [0.5, 0.6) is 0 Å². The van der Waals surface area contributed by atoms with Crippen LogP contribution in [0.15, 0.2) is 65.1 Å². The van der Waals surface area contributed by atoms with Gasteiger partial charge < -0.3 is 4.42 Å². The predicted octanol–water partition coefficient (Wildman–Crippen LogP) is 8.29. The van der Waals surface area contributed by atoms with Crippen LogP contribution in [0.25, 0.3) is 33.4 Å². The molecule has 0 saturated heterocycles. The Kier molecular flexibility index (Phi) is 5.35. The van der Waals surface area contributed by atoms with E-state index in [1.54, 1.807) is 19.1 Å². The maximum atomic E-state index is 13.8. The van der Waals surface area contributed by atoms with Crippen molar-refractivity contribution in [2.24, 2.45) is 11.3 Å². The number of hydrogen-bond donors (Lipinski definition) is 0. The summed E-state index contributed by atoms with van der Waals surface area (Å²) in [6.07, 6.45) is 1.35. The maximum Gasteiger partial charge on any atom is 0.232 e. The molecule has 42 heavy (non-hydrogen) atoms. The van der Waals surface area contributed by atoms with Crippen LogP contribution in [0.3, 0.4) is 0 Å². The molecule has 3 aromatic carbocycles. The van der Waals surface area contributed by atoms with E-state index in [2.05, 4.69) is 0 Å². The van der Waals surface area contributed by atoms with Crippen molar-refractivity contribution in [1.29, 1.82) is 0 Å². The van der Waals surface area contributed by atoms with Crippen LogP contribution in [0.2, 0.25) is 0 Å². The molecule has 1 aliphatic carbocycles. The number of halogens is 1. The summed E-state index contributed by atoms with van der Waals surface area (Å²) in [4.78, 5) is 27.2. The zero-order valence-electron chi connectivity index (χ0n) is 32.2. The normalized spacial score (nSPS) is 17.9. The van der Waals surface area contributed by atoms with Gasteiger partial charge in [0.1, 0.15) is 17.2 Å². The Balaban J connectivity index is 1.76. The van der Waals surface area contributed by atoms with Crippen LogP contribution in [0.4, 0.5) is 10.1 Å². The fourth-order valence-corrected chi connectivity index (χ4v) is 5.97. The van der Waals surface area contributed by atoms with E-state index in [4.69, 9.17) is 16.8 Å². The highest BCUT2D eigenvalue weighted by atomic mass is 32.2. The molecule has 220 valence electrons. The summed E-state index contributed by atoms with van der Waals surface area (Å²) in [6.45, 7) is -8.97. The molecule has 1 heterocycles. The molecule has 0 amide bonds. The topological polar surface area (TPSA) is 84.7 Å². The third kappa shape index (κ3) is 6.33. The van der Waals surface area contributed by atoms with Gasteiger partial charge in [0.25, 0.3) is 0 Å². The lowest BCUT2D eigenvalue weighted by Gasteiger charge is -2.25. The smallest absolute Gasteiger partial charge is 0.232 e. The van der Waals surface area contributed by atoms with Gasteiger partial charge in [0.05, 0.1) is 17.5 Å². The highest BCUT2D eigenvalue weighted by Crippen LogP contribution is 2.43. The molecule has 6 nitrogen and oxygen atoms in total. The number of anilines is 1. The molecule has 0 N–H and O–H groups in total. The molecule has 1 fully saturated rings. The number of fused-ring (bicyclic) bond motifs is 1. The monoisotopic (exact) mass is 598 g/mol. The largest absolute Gasteiger partial charge is 0.455 e. The van der Waals surface area contributed by atoms with Crippen molar-refractivity contribution in [3.8, 4) is 22.5 Å². The number of carbonyl (C=O) groups is 2. The van der Waals surface area contributed by atoms with Crippen LogP contribution in [-0.2, 0) is 10.0 Å². The Morgan fingerprint density at radius 1 is 1.02 bits per heavy atom. The maximum absolute atomic E-state index is 13.8. The predicted molar refractivity (Wildman–Crippen MR) is 165 cm³/mol. The number of hydrogen-bond acceptors (Lipinski definition) is 5. The Hall–Kier alpha value is -3.78. The van der Waals surface area contributed by atoms with Gasteiger partial charge in [-0.05, 0) is 66.1 Å². The Bertz CT molecular complexity index is 2060. The molecule has 0 atom stereocenters. The van der Waals surface area contributed by atoms with Crippen molar-refractivity contribution < 1.29 is 39.2 Å². The van der Waals surface area contributed by atoms with Crippen molar-refractivity contribution >= 4 is 38.2 Å². The van der Waals surface area contributed by atoms with E-state index < -0.39 is 54.0 Å². The Labute approximate surface area is 259 Å². The lowest BCUT2D eigenvalue weighted by molar-refractivity contribution is 0.0938. The Morgan fingerprint density at radius 3 is 2.36 bits per heavy atom. The van der Waals surface area contributed by atoms with Crippen LogP contribution >= 0.6 is 0 Å². The van der Waals surface area contributed by atoms with Gasteiger partial charge in [-0.1, -0.05) is 45.7 Å². The second kappa shape index (κ2) is 11.1. The van der Waals surface area contributed by atoms with Crippen molar-refractivity contribution in [3.05, 3.63) is 77.6 Å². The number of ketones is 2. The number of nitrogens with zero attached hydrogens (tertiary/aromatic N) is 1.